The van der Waals surface area contributed by atoms with Gasteiger partial charge >= 0.3 is 0 Å². The summed E-state index contributed by atoms with van der Waals surface area (Å²) in [6.07, 6.45) is -0.649. The maximum Gasteiger partial charge on any atom is 0.263 e. The molecular formula is C19H19BrClFN2O2. The van der Waals surface area contributed by atoms with Crippen LogP contribution in [0.1, 0.15) is 6.92 Å². The number of benzene rings is 2. The zero-order valence-electron chi connectivity index (χ0n) is 14.3. The van der Waals surface area contributed by atoms with E-state index in [-0.39, 0.29) is 11.7 Å². The predicted molar refractivity (Wildman–Crippen MR) is 104 cm³/mol. The second-order valence-electron chi connectivity index (χ2n) is 6.10. The lowest BCUT2D eigenvalue weighted by Crippen LogP contribution is -2.52. The Balaban J connectivity index is 1.58. The highest BCUT2D eigenvalue weighted by Crippen LogP contribution is 2.28. The van der Waals surface area contributed by atoms with Crippen LogP contribution in [0.4, 0.5) is 10.1 Å². The molecule has 0 radical (unpaired) electrons. The van der Waals surface area contributed by atoms with Crippen molar-refractivity contribution in [3.63, 3.8) is 0 Å². The van der Waals surface area contributed by atoms with Gasteiger partial charge in [0.25, 0.3) is 5.91 Å². The third-order valence-corrected chi connectivity index (χ3v) is 5.27. The molecule has 2 aromatic rings. The number of para-hydroxylation sites is 1. The van der Waals surface area contributed by atoms with Gasteiger partial charge in [-0.3, -0.25) is 4.79 Å². The second-order valence-corrected chi connectivity index (χ2v) is 7.36. The molecule has 1 saturated heterocycles. The van der Waals surface area contributed by atoms with E-state index in [1.807, 2.05) is 24.3 Å². The van der Waals surface area contributed by atoms with Gasteiger partial charge < -0.3 is 14.5 Å². The summed E-state index contributed by atoms with van der Waals surface area (Å²) < 4.78 is 19.4. The summed E-state index contributed by atoms with van der Waals surface area (Å²) in [5.74, 6) is 0.000821. The van der Waals surface area contributed by atoms with Crippen molar-refractivity contribution >= 4 is 39.1 Å². The molecule has 0 saturated carbocycles. The number of piperazine rings is 1. The topological polar surface area (TPSA) is 32.8 Å². The van der Waals surface area contributed by atoms with Crippen LogP contribution in [0.5, 0.6) is 5.75 Å². The van der Waals surface area contributed by atoms with E-state index in [0.29, 0.717) is 41.4 Å². The molecule has 3 rings (SSSR count). The normalized spacial score (nSPS) is 15.7. The molecule has 0 bridgehead atoms. The van der Waals surface area contributed by atoms with Crippen LogP contribution < -0.4 is 9.64 Å². The van der Waals surface area contributed by atoms with Gasteiger partial charge in [0.2, 0.25) is 0 Å². The highest BCUT2D eigenvalue weighted by molar-refractivity contribution is 9.10. The van der Waals surface area contributed by atoms with E-state index >= 15 is 0 Å². The highest BCUT2D eigenvalue weighted by atomic mass is 79.9. The quantitative estimate of drug-likeness (QED) is 0.707. The van der Waals surface area contributed by atoms with Crippen molar-refractivity contribution in [1.29, 1.82) is 0 Å². The number of hydrogen-bond acceptors (Lipinski definition) is 3. The molecule has 0 N–H and O–H groups in total. The van der Waals surface area contributed by atoms with E-state index in [1.54, 1.807) is 11.8 Å². The fourth-order valence-electron chi connectivity index (χ4n) is 2.94. The minimum atomic E-state index is -0.649. The first-order valence-corrected chi connectivity index (χ1v) is 9.53. The van der Waals surface area contributed by atoms with E-state index < -0.39 is 6.10 Å². The monoisotopic (exact) mass is 440 g/mol. The molecule has 1 unspecified atom stereocenters. The summed E-state index contributed by atoms with van der Waals surface area (Å²) in [6.45, 7) is 4.33. The average Bonchev–Trinajstić information content (AvgIpc) is 2.64. The lowest BCUT2D eigenvalue weighted by molar-refractivity contribution is -0.138. The van der Waals surface area contributed by atoms with E-state index in [1.165, 1.54) is 18.2 Å². The van der Waals surface area contributed by atoms with Gasteiger partial charge in [0, 0.05) is 26.2 Å². The molecule has 0 aromatic heterocycles. The first-order chi connectivity index (χ1) is 12.5. The van der Waals surface area contributed by atoms with Crippen molar-refractivity contribution in [2.75, 3.05) is 31.1 Å². The zero-order valence-corrected chi connectivity index (χ0v) is 16.6. The van der Waals surface area contributed by atoms with Crippen molar-refractivity contribution in [2.45, 2.75) is 13.0 Å². The SMILES string of the molecule is CC(Oc1ccc(F)cc1Br)C(=O)N1CCN(c2ccccc2Cl)CC1. The molecule has 1 atom stereocenters. The van der Waals surface area contributed by atoms with Gasteiger partial charge in [-0.15, -0.1) is 0 Å². The Kier molecular flexibility index (Phi) is 6.04. The molecule has 0 aliphatic carbocycles. The van der Waals surface area contributed by atoms with Crippen LogP contribution in [0, 0.1) is 5.82 Å². The van der Waals surface area contributed by atoms with E-state index in [0.717, 1.165) is 5.69 Å². The number of ether oxygens (including phenoxy) is 1. The molecule has 1 fully saturated rings. The molecule has 1 heterocycles. The Morgan fingerprint density at radius 3 is 2.54 bits per heavy atom. The number of anilines is 1. The summed E-state index contributed by atoms with van der Waals surface area (Å²) >= 11 is 9.50. The van der Waals surface area contributed by atoms with Crippen molar-refractivity contribution in [1.82, 2.24) is 4.90 Å². The largest absolute Gasteiger partial charge is 0.480 e. The number of hydrogen-bond donors (Lipinski definition) is 0. The van der Waals surface area contributed by atoms with Gasteiger partial charge in [0.15, 0.2) is 6.10 Å². The molecule has 138 valence electrons. The average molecular weight is 442 g/mol. The maximum atomic E-state index is 13.2. The minimum absolute atomic E-state index is 0.0833. The van der Waals surface area contributed by atoms with Crippen LogP contribution in [0.15, 0.2) is 46.9 Å². The van der Waals surface area contributed by atoms with Crippen LogP contribution >= 0.6 is 27.5 Å². The Morgan fingerprint density at radius 2 is 1.88 bits per heavy atom. The van der Waals surface area contributed by atoms with E-state index in [9.17, 15) is 9.18 Å². The summed E-state index contributed by atoms with van der Waals surface area (Å²) in [6, 6.07) is 11.8. The Hall–Kier alpha value is -1.79. The number of rotatable bonds is 4. The second kappa shape index (κ2) is 8.27. The summed E-state index contributed by atoms with van der Waals surface area (Å²) in [5.41, 5.74) is 0.987. The highest BCUT2D eigenvalue weighted by Gasteiger charge is 2.27. The predicted octanol–water partition coefficient (Wildman–Crippen LogP) is 4.36. The fraction of sp³-hybridized carbons (Fsp3) is 0.316. The van der Waals surface area contributed by atoms with Crippen LogP contribution in [-0.4, -0.2) is 43.1 Å². The van der Waals surface area contributed by atoms with Gasteiger partial charge in [-0.05, 0) is 53.2 Å². The lowest BCUT2D eigenvalue weighted by atomic mass is 10.2. The Morgan fingerprint density at radius 1 is 1.19 bits per heavy atom. The van der Waals surface area contributed by atoms with Gasteiger partial charge in [0.1, 0.15) is 11.6 Å². The lowest BCUT2D eigenvalue weighted by Gasteiger charge is -2.37. The molecule has 1 amide bonds. The molecule has 2 aromatic carbocycles. The van der Waals surface area contributed by atoms with Crippen LogP contribution in [0.3, 0.4) is 0 Å². The maximum absolute atomic E-state index is 13.2. The first-order valence-electron chi connectivity index (χ1n) is 8.35. The minimum Gasteiger partial charge on any atom is -0.480 e. The summed E-state index contributed by atoms with van der Waals surface area (Å²) in [7, 11) is 0. The molecule has 26 heavy (non-hydrogen) atoms. The number of halogens is 3. The standard InChI is InChI=1S/C19H19BrClFN2O2/c1-13(26-18-7-6-14(22)12-15(18)20)19(25)24-10-8-23(9-11-24)17-5-3-2-4-16(17)21/h2-7,12-13H,8-11H2,1H3. The van der Waals surface area contributed by atoms with Crippen molar-refractivity contribution in [3.8, 4) is 5.75 Å². The third kappa shape index (κ3) is 4.30. The number of nitrogens with zero attached hydrogens (tertiary/aromatic N) is 2. The van der Waals surface area contributed by atoms with E-state index in [4.69, 9.17) is 16.3 Å². The van der Waals surface area contributed by atoms with Crippen LogP contribution in [-0.2, 0) is 4.79 Å². The summed E-state index contributed by atoms with van der Waals surface area (Å²) in [5, 5.41) is 0.713. The molecule has 1 aliphatic heterocycles. The fourth-order valence-corrected chi connectivity index (χ4v) is 3.64. The van der Waals surface area contributed by atoms with Crippen molar-refractivity contribution in [2.24, 2.45) is 0 Å². The number of carbonyl (C=O) groups is 1. The smallest absolute Gasteiger partial charge is 0.263 e. The van der Waals surface area contributed by atoms with Gasteiger partial charge in [-0.1, -0.05) is 23.7 Å². The Bertz CT molecular complexity index is 797. The first kappa shape index (κ1) is 19.0. The van der Waals surface area contributed by atoms with Gasteiger partial charge in [-0.2, -0.15) is 0 Å². The van der Waals surface area contributed by atoms with E-state index in [2.05, 4.69) is 20.8 Å². The third-order valence-electron chi connectivity index (χ3n) is 4.33. The molecule has 1 aliphatic rings. The van der Waals surface area contributed by atoms with Gasteiger partial charge in [0.05, 0.1) is 15.2 Å². The van der Waals surface area contributed by atoms with Crippen LogP contribution in [0.2, 0.25) is 5.02 Å². The zero-order chi connectivity index (χ0) is 18.7. The number of carbonyl (C=O) groups excluding carboxylic acids is 1. The Labute approximate surface area is 165 Å². The summed E-state index contributed by atoms with van der Waals surface area (Å²) in [4.78, 5) is 16.6. The van der Waals surface area contributed by atoms with Gasteiger partial charge in [-0.25, -0.2) is 4.39 Å². The molecule has 4 nitrogen and oxygen atoms in total. The van der Waals surface area contributed by atoms with Crippen molar-refractivity contribution in [3.05, 3.63) is 57.8 Å². The molecule has 0 spiro atoms. The van der Waals surface area contributed by atoms with Crippen LogP contribution in [0.25, 0.3) is 0 Å². The molecule has 7 heteroatoms. The molecular weight excluding hydrogens is 423 g/mol. The number of amides is 1. The van der Waals surface area contributed by atoms with Crippen molar-refractivity contribution < 1.29 is 13.9 Å².